The van der Waals surface area contributed by atoms with Crippen LogP contribution >= 0.6 is 11.3 Å². The number of ether oxygens (including phenoxy) is 1. The zero-order valence-electron chi connectivity index (χ0n) is 11.0. The van der Waals surface area contributed by atoms with Crippen molar-refractivity contribution in [3.63, 3.8) is 0 Å². The smallest absolute Gasteiger partial charge is 0.349 e. The van der Waals surface area contributed by atoms with Crippen LogP contribution in [0.25, 0.3) is 11.0 Å². The highest BCUT2D eigenvalue weighted by atomic mass is 32.1. The Balaban J connectivity index is 2.03. The summed E-state index contributed by atoms with van der Waals surface area (Å²) < 4.78 is 10.3. The maximum atomic E-state index is 12.1. The third-order valence-electron chi connectivity index (χ3n) is 2.84. The van der Waals surface area contributed by atoms with E-state index in [4.69, 9.17) is 9.15 Å². The van der Waals surface area contributed by atoms with Crippen LogP contribution < -0.4 is 15.7 Å². The lowest BCUT2D eigenvalue weighted by molar-refractivity contribution is 0.102. The van der Waals surface area contributed by atoms with E-state index in [9.17, 15) is 9.59 Å². The van der Waals surface area contributed by atoms with Crippen LogP contribution in [0.2, 0.25) is 0 Å². The monoisotopic (exact) mass is 302 g/mol. The van der Waals surface area contributed by atoms with Crippen molar-refractivity contribution in [3.8, 4) is 5.75 Å². The molecule has 1 N–H and O–H groups in total. The molecule has 0 spiro atoms. The maximum absolute atomic E-state index is 12.1. The summed E-state index contributed by atoms with van der Waals surface area (Å²) in [4.78, 5) is 27.9. The van der Waals surface area contributed by atoms with E-state index < -0.39 is 11.5 Å². The quantitative estimate of drug-likeness (QED) is 0.752. The van der Waals surface area contributed by atoms with Crippen molar-refractivity contribution < 1.29 is 13.9 Å². The van der Waals surface area contributed by atoms with E-state index in [2.05, 4.69) is 10.3 Å². The highest BCUT2D eigenvalue weighted by Gasteiger charge is 2.15. The number of anilines is 1. The fourth-order valence-corrected chi connectivity index (χ4v) is 2.36. The van der Waals surface area contributed by atoms with E-state index in [0.717, 1.165) is 0 Å². The lowest BCUT2D eigenvalue weighted by Crippen LogP contribution is -2.20. The van der Waals surface area contributed by atoms with Gasteiger partial charge in [-0.1, -0.05) is 0 Å². The second-order valence-corrected chi connectivity index (χ2v) is 5.04. The molecular formula is C14H10N2O4S. The van der Waals surface area contributed by atoms with Gasteiger partial charge in [-0.05, 0) is 24.3 Å². The molecule has 0 radical (unpaired) electrons. The molecule has 3 rings (SSSR count). The number of amides is 1. The van der Waals surface area contributed by atoms with Gasteiger partial charge in [-0.3, -0.25) is 10.1 Å². The van der Waals surface area contributed by atoms with Crippen molar-refractivity contribution in [3.05, 3.63) is 51.8 Å². The molecule has 0 saturated carbocycles. The molecule has 2 heterocycles. The van der Waals surface area contributed by atoms with Crippen LogP contribution in [-0.4, -0.2) is 18.0 Å². The van der Waals surface area contributed by atoms with Gasteiger partial charge in [-0.25, -0.2) is 9.78 Å². The van der Waals surface area contributed by atoms with Gasteiger partial charge in [0, 0.05) is 17.0 Å². The normalized spacial score (nSPS) is 10.5. The number of nitrogens with one attached hydrogen (secondary N) is 1. The van der Waals surface area contributed by atoms with Gasteiger partial charge >= 0.3 is 5.63 Å². The second-order valence-electron chi connectivity index (χ2n) is 4.14. The van der Waals surface area contributed by atoms with Gasteiger partial charge in [0.25, 0.3) is 5.91 Å². The molecule has 0 atom stereocenters. The van der Waals surface area contributed by atoms with E-state index in [1.54, 1.807) is 29.8 Å². The first-order valence-electron chi connectivity index (χ1n) is 6.00. The van der Waals surface area contributed by atoms with Crippen LogP contribution in [0.3, 0.4) is 0 Å². The van der Waals surface area contributed by atoms with Crippen molar-refractivity contribution in [2.75, 3.05) is 12.4 Å². The summed E-state index contributed by atoms with van der Waals surface area (Å²) in [6, 6.07) is 6.48. The minimum atomic E-state index is -0.693. The Hall–Kier alpha value is -2.67. The summed E-state index contributed by atoms with van der Waals surface area (Å²) in [6.07, 6.45) is 1.56. The van der Waals surface area contributed by atoms with Gasteiger partial charge in [0.2, 0.25) is 0 Å². The number of aromatic nitrogens is 1. The molecule has 1 aromatic carbocycles. The average molecular weight is 302 g/mol. The molecule has 7 heteroatoms. The van der Waals surface area contributed by atoms with Gasteiger partial charge in [0.05, 0.1) is 7.11 Å². The molecule has 106 valence electrons. The predicted molar refractivity (Wildman–Crippen MR) is 79.1 cm³/mol. The lowest BCUT2D eigenvalue weighted by atomic mass is 10.1. The van der Waals surface area contributed by atoms with Crippen molar-refractivity contribution in [1.82, 2.24) is 4.98 Å². The van der Waals surface area contributed by atoms with E-state index in [1.165, 1.54) is 24.5 Å². The number of carbonyl (C=O) groups excluding carboxylic acids is 1. The van der Waals surface area contributed by atoms with Crippen molar-refractivity contribution in [2.45, 2.75) is 0 Å². The first-order valence-corrected chi connectivity index (χ1v) is 6.88. The summed E-state index contributed by atoms with van der Waals surface area (Å²) in [6.45, 7) is 0. The van der Waals surface area contributed by atoms with Crippen LogP contribution in [-0.2, 0) is 0 Å². The summed E-state index contributed by atoms with van der Waals surface area (Å²) in [5, 5.41) is 5.31. The van der Waals surface area contributed by atoms with Crippen molar-refractivity contribution >= 4 is 33.3 Å². The number of hydrogen-bond acceptors (Lipinski definition) is 6. The molecule has 2 aromatic heterocycles. The maximum Gasteiger partial charge on any atom is 0.349 e. The van der Waals surface area contributed by atoms with E-state index >= 15 is 0 Å². The average Bonchev–Trinajstić information content (AvgIpc) is 2.98. The lowest BCUT2D eigenvalue weighted by Gasteiger charge is -2.04. The number of benzene rings is 1. The number of methoxy groups -OCH3 is 1. The molecule has 0 saturated heterocycles. The van der Waals surface area contributed by atoms with Crippen LogP contribution in [0.4, 0.5) is 5.13 Å². The fraction of sp³-hybridized carbons (Fsp3) is 0.0714. The molecule has 21 heavy (non-hydrogen) atoms. The van der Waals surface area contributed by atoms with Crippen LogP contribution in [0, 0.1) is 0 Å². The SMILES string of the molecule is COc1ccc2oc(=O)c(C(=O)Nc3nccs3)cc2c1. The Morgan fingerprint density at radius 1 is 1.38 bits per heavy atom. The van der Waals surface area contributed by atoms with Crippen molar-refractivity contribution in [1.29, 1.82) is 0 Å². The Bertz CT molecular complexity index is 855. The Labute approximate surface area is 123 Å². The van der Waals surface area contributed by atoms with E-state index in [-0.39, 0.29) is 5.56 Å². The van der Waals surface area contributed by atoms with Gasteiger partial charge in [0.15, 0.2) is 5.13 Å². The minimum Gasteiger partial charge on any atom is -0.497 e. The number of carbonyl (C=O) groups is 1. The van der Waals surface area contributed by atoms with E-state index in [1.807, 2.05) is 0 Å². The standard InChI is InChI=1S/C14H10N2O4S/c1-19-9-2-3-11-8(6-9)7-10(13(18)20-11)12(17)16-14-15-4-5-21-14/h2-7H,1H3,(H,15,16,17). The first kappa shape index (κ1) is 13.3. The van der Waals surface area contributed by atoms with Crippen LogP contribution in [0.1, 0.15) is 10.4 Å². The molecule has 0 unspecified atom stereocenters. The molecule has 3 aromatic rings. The van der Waals surface area contributed by atoms with Crippen LogP contribution in [0.5, 0.6) is 5.75 Å². The first-order chi connectivity index (χ1) is 10.2. The summed E-state index contributed by atoms with van der Waals surface area (Å²) in [7, 11) is 1.54. The highest BCUT2D eigenvalue weighted by Crippen LogP contribution is 2.20. The molecule has 6 nitrogen and oxygen atoms in total. The minimum absolute atomic E-state index is 0.0778. The Morgan fingerprint density at radius 3 is 2.95 bits per heavy atom. The number of fused-ring (bicyclic) bond motifs is 1. The number of nitrogens with zero attached hydrogens (tertiary/aromatic N) is 1. The molecule has 0 aliphatic heterocycles. The fourth-order valence-electron chi connectivity index (χ4n) is 1.84. The van der Waals surface area contributed by atoms with Gasteiger partial charge in [-0.15, -0.1) is 11.3 Å². The largest absolute Gasteiger partial charge is 0.497 e. The summed E-state index contributed by atoms with van der Waals surface area (Å²) in [5.41, 5.74) is -0.376. The third kappa shape index (κ3) is 2.63. The van der Waals surface area contributed by atoms with Crippen LogP contribution in [0.15, 0.2) is 45.1 Å². The van der Waals surface area contributed by atoms with Crippen molar-refractivity contribution in [2.24, 2.45) is 0 Å². The Kier molecular flexibility index (Phi) is 3.41. The molecule has 1 amide bonds. The molecule has 0 bridgehead atoms. The zero-order valence-corrected chi connectivity index (χ0v) is 11.8. The van der Waals surface area contributed by atoms with E-state index in [0.29, 0.717) is 21.9 Å². The zero-order chi connectivity index (χ0) is 14.8. The second kappa shape index (κ2) is 5.37. The molecule has 0 aliphatic rings. The predicted octanol–water partition coefficient (Wildman–Crippen LogP) is 2.51. The highest BCUT2D eigenvalue weighted by molar-refractivity contribution is 7.13. The third-order valence-corrected chi connectivity index (χ3v) is 3.53. The molecular weight excluding hydrogens is 292 g/mol. The summed E-state index contributed by atoms with van der Waals surface area (Å²) >= 11 is 1.27. The summed E-state index contributed by atoms with van der Waals surface area (Å²) in [5.74, 6) is 0.0612. The van der Waals surface area contributed by atoms with Gasteiger partial charge in [0.1, 0.15) is 16.9 Å². The molecule has 0 fully saturated rings. The number of thiazole rings is 1. The topological polar surface area (TPSA) is 81.4 Å². The van der Waals surface area contributed by atoms with Gasteiger partial charge < -0.3 is 9.15 Å². The number of rotatable bonds is 3. The molecule has 0 aliphatic carbocycles. The Morgan fingerprint density at radius 2 is 2.24 bits per heavy atom. The number of hydrogen-bond donors (Lipinski definition) is 1. The van der Waals surface area contributed by atoms with Gasteiger partial charge in [-0.2, -0.15) is 0 Å².